The highest BCUT2D eigenvalue weighted by molar-refractivity contribution is 6.57. The minimum absolute atomic E-state index is 0.849. The molecule has 0 saturated heterocycles. The lowest BCUT2D eigenvalue weighted by Crippen LogP contribution is -2.57. The third kappa shape index (κ3) is 2.24. The zero-order chi connectivity index (χ0) is 8.91. The lowest BCUT2D eigenvalue weighted by atomic mass is 10.8. The molecular formula is C6H17NO3Si. The SMILES string of the molecule is CCN(C)[Si](OC)(OC)OC. The highest BCUT2D eigenvalue weighted by Gasteiger charge is 2.43. The maximum absolute atomic E-state index is 5.21. The molecule has 0 bridgehead atoms. The maximum atomic E-state index is 5.21. The number of nitrogens with zero attached hydrogens (tertiary/aromatic N) is 1. The lowest BCUT2D eigenvalue weighted by molar-refractivity contribution is 0.0682. The normalized spacial score (nSPS) is 12.5. The second kappa shape index (κ2) is 4.84. The van der Waals surface area contributed by atoms with E-state index in [1.54, 1.807) is 21.3 Å². The van der Waals surface area contributed by atoms with Gasteiger partial charge in [-0.05, 0) is 13.6 Å². The first-order chi connectivity index (χ1) is 5.16. The second-order valence-electron chi connectivity index (χ2n) is 2.15. The standard InChI is InChI=1S/C6H17NO3Si/c1-6-7(2)11(8-3,9-4)10-5/h6H2,1-5H3. The topological polar surface area (TPSA) is 30.9 Å². The molecule has 4 nitrogen and oxygen atoms in total. The van der Waals surface area contributed by atoms with E-state index < -0.39 is 8.97 Å². The summed E-state index contributed by atoms with van der Waals surface area (Å²) in [7, 11) is 4.24. The van der Waals surface area contributed by atoms with E-state index in [2.05, 4.69) is 0 Å². The highest BCUT2D eigenvalue weighted by atomic mass is 28.4. The van der Waals surface area contributed by atoms with Gasteiger partial charge in [-0.25, -0.2) is 0 Å². The summed E-state index contributed by atoms with van der Waals surface area (Å²) in [5.74, 6) is 0. The highest BCUT2D eigenvalue weighted by Crippen LogP contribution is 2.09. The Morgan fingerprint density at radius 2 is 1.45 bits per heavy atom. The van der Waals surface area contributed by atoms with E-state index in [0.29, 0.717) is 0 Å². The molecule has 0 radical (unpaired) electrons. The quantitative estimate of drug-likeness (QED) is 0.568. The molecule has 0 aliphatic carbocycles. The fraction of sp³-hybridized carbons (Fsp3) is 1.00. The van der Waals surface area contributed by atoms with Gasteiger partial charge in [0.25, 0.3) is 0 Å². The Morgan fingerprint density at radius 3 is 1.55 bits per heavy atom. The Bertz CT molecular complexity index is 99.7. The van der Waals surface area contributed by atoms with Crippen molar-refractivity contribution in [1.29, 1.82) is 0 Å². The average molecular weight is 179 g/mol. The van der Waals surface area contributed by atoms with Crippen LogP contribution >= 0.6 is 0 Å². The van der Waals surface area contributed by atoms with Crippen molar-refractivity contribution in [2.75, 3.05) is 34.9 Å². The molecule has 0 aromatic heterocycles. The van der Waals surface area contributed by atoms with Gasteiger partial charge in [0.1, 0.15) is 0 Å². The minimum atomic E-state index is -2.49. The van der Waals surface area contributed by atoms with Gasteiger partial charge in [0.15, 0.2) is 0 Å². The van der Waals surface area contributed by atoms with Crippen LogP contribution in [0.3, 0.4) is 0 Å². The molecule has 0 aromatic rings. The van der Waals surface area contributed by atoms with Gasteiger partial charge in [0.2, 0.25) is 0 Å². The largest absolute Gasteiger partial charge is 0.598 e. The monoisotopic (exact) mass is 179 g/mol. The minimum Gasteiger partial charge on any atom is -0.364 e. The molecule has 0 atom stereocenters. The molecular weight excluding hydrogens is 162 g/mol. The average Bonchev–Trinajstić information content (AvgIpc) is 2.08. The van der Waals surface area contributed by atoms with Crippen LogP contribution in [0.25, 0.3) is 0 Å². The molecule has 0 aliphatic heterocycles. The molecule has 0 aliphatic rings. The van der Waals surface area contributed by atoms with E-state index in [-0.39, 0.29) is 0 Å². The van der Waals surface area contributed by atoms with Crippen LogP contribution in [0.15, 0.2) is 0 Å². The van der Waals surface area contributed by atoms with Crippen LogP contribution in [-0.4, -0.2) is 48.5 Å². The summed E-state index contributed by atoms with van der Waals surface area (Å²) in [6.07, 6.45) is 0. The Hall–Kier alpha value is 0.0569. The van der Waals surface area contributed by atoms with E-state index in [4.69, 9.17) is 13.3 Å². The molecule has 0 aromatic carbocycles. The molecule has 0 heterocycles. The predicted molar refractivity (Wildman–Crippen MR) is 45.1 cm³/mol. The number of hydrogen-bond donors (Lipinski definition) is 0. The zero-order valence-electron chi connectivity index (χ0n) is 7.88. The second-order valence-corrected chi connectivity index (χ2v) is 5.19. The molecule has 11 heavy (non-hydrogen) atoms. The van der Waals surface area contributed by atoms with Crippen molar-refractivity contribution in [3.8, 4) is 0 Å². The number of rotatable bonds is 5. The fourth-order valence-corrected chi connectivity index (χ4v) is 2.73. The van der Waals surface area contributed by atoms with Crippen LogP contribution in [0.4, 0.5) is 0 Å². The molecule has 0 fully saturated rings. The van der Waals surface area contributed by atoms with Gasteiger partial charge in [-0.2, -0.15) is 0 Å². The van der Waals surface area contributed by atoms with Gasteiger partial charge in [0.05, 0.1) is 0 Å². The first kappa shape index (κ1) is 11.1. The third-order valence-electron chi connectivity index (χ3n) is 1.72. The summed E-state index contributed by atoms with van der Waals surface area (Å²) in [6.45, 7) is 2.88. The van der Waals surface area contributed by atoms with Crippen LogP contribution in [0.5, 0.6) is 0 Å². The van der Waals surface area contributed by atoms with Crippen LogP contribution in [0.1, 0.15) is 6.92 Å². The lowest BCUT2D eigenvalue weighted by Gasteiger charge is -2.31. The molecule has 0 N–H and O–H groups in total. The van der Waals surface area contributed by atoms with E-state index in [1.807, 2.05) is 18.5 Å². The van der Waals surface area contributed by atoms with Crippen molar-refractivity contribution in [3.63, 3.8) is 0 Å². The first-order valence-corrected chi connectivity index (χ1v) is 5.20. The van der Waals surface area contributed by atoms with Crippen LogP contribution in [-0.2, 0) is 13.3 Å². The van der Waals surface area contributed by atoms with Crippen molar-refractivity contribution < 1.29 is 13.3 Å². The van der Waals surface area contributed by atoms with E-state index in [0.717, 1.165) is 6.54 Å². The van der Waals surface area contributed by atoms with Crippen LogP contribution in [0.2, 0.25) is 0 Å². The van der Waals surface area contributed by atoms with Crippen molar-refractivity contribution >= 4 is 8.97 Å². The first-order valence-electron chi connectivity index (χ1n) is 3.53. The van der Waals surface area contributed by atoms with Gasteiger partial charge in [-0.1, -0.05) is 6.92 Å². The molecule has 0 rings (SSSR count). The Morgan fingerprint density at radius 1 is 1.09 bits per heavy atom. The maximum Gasteiger partial charge on any atom is 0.598 e. The Labute approximate surface area is 69.5 Å². The molecule has 0 spiro atoms. The molecule has 0 saturated carbocycles. The van der Waals surface area contributed by atoms with Crippen molar-refractivity contribution in [1.82, 2.24) is 4.57 Å². The van der Waals surface area contributed by atoms with Gasteiger partial charge < -0.3 is 13.3 Å². The van der Waals surface area contributed by atoms with Crippen molar-refractivity contribution in [2.24, 2.45) is 0 Å². The summed E-state index contributed by atoms with van der Waals surface area (Å²) in [6, 6.07) is 0. The van der Waals surface area contributed by atoms with Gasteiger partial charge in [-0.15, -0.1) is 0 Å². The summed E-state index contributed by atoms with van der Waals surface area (Å²) in [4.78, 5) is 0. The summed E-state index contributed by atoms with van der Waals surface area (Å²) >= 11 is 0. The predicted octanol–water partition coefficient (Wildman–Crippen LogP) is 0.313. The Kier molecular flexibility index (Phi) is 4.86. The summed E-state index contributed by atoms with van der Waals surface area (Å²) in [5, 5.41) is 0. The van der Waals surface area contributed by atoms with E-state index in [9.17, 15) is 0 Å². The van der Waals surface area contributed by atoms with E-state index >= 15 is 0 Å². The van der Waals surface area contributed by atoms with Crippen LogP contribution < -0.4 is 0 Å². The third-order valence-corrected chi connectivity index (χ3v) is 4.51. The van der Waals surface area contributed by atoms with Crippen molar-refractivity contribution in [3.05, 3.63) is 0 Å². The number of hydrogen-bond acceptors (Lipinski definition) is 4. The zero-order valence-corrected chi connectivity index (χ0v) is 8.88. The fourth-order valence-electron chi connectivity index (χ4n) is 0.911. The van der Waals surface area contributed by atoms with Gasteiger partial charge >= 0.3 is 8.97 Å². The molecule has 5 heteroatoms. The van der Waals surface area contributed by atoms with Gasteiger partial charge in [-0.3, -0.25) is 4.57 Å². The van der Waals surface area contributed by atoms with Crippen molar-refractivity contribution in [2.45, 2.75) is 6.92 Å². The Balaban J connectivity index is 4.26. The summed E-state index contributed by atoms with van der Waals surface area (Å²) < 4.78 is 17.6. The van der Waals surface area contributed by atoms with Gasteiger partial charge in [0, 0.05) is 21.3 Å². The van der Waals surface area contributed by atoms with Crippen LogP contribution in [0, 0.1) is 0 Å². The molecule has 0 amide bonds. The van der Waals surface area contributed by atoms with E-state index in [1.165, 1.54) is 0 Å². The molecule has 0 unspecified atom stereocenters. The summed E-state index contributed by atoms with van der Waals surface area (Å²) in [5.41, 5.74) is 0. The smallest absolute Gasteiger partial charge is 0.364 e. The molecule has 68 valence electrons.